The minimum atomic E-state index is 0.637. The molecule has 0 atom stereocenters. The van der Waals surface area contributed by atoms with E-state index in [4.69, 9.17) is 4.74 Å². The molecule has 0 fully saturated rings. The number of aromatic amines is 1. The topological polar surface area (TPSA) is 50.8 Å². The zero-order valence-corrected chi connectivity index (χ0v) is 11.2. The molecular formula is C16H15N3O. The summed E-state index contributed by atoms with van der Waals surface area (Å²) in [5, 5.41) is 0. The average molecular weight is 265 g/mol. The van der Waals surface area contributed by atoms with Gasteiger partial charge in [-0.1, -0.05) is 18.2 Å². The second-order valence-electron chi connectivity index (χ2n) is 4.29. The Bertz CT molecular complexity index is 692. The third-order valence-electron chi connectivity index (χ3n) is 2.96. The van der Waals surface area contributed by atoms with Gasteiger partial charge in [0.05, 0.1) is 18.5 Å². The van der Waals surface area contributed by atoms with Crippen molar-refractivity contribution in [2.75, 3.05) is 6.61 Å². The predicted octanol–water partition coefficient (Wildman–Crippen LogP) is 3.54. The summed E-state index contributed by atoms with van der Waals surface area (Å²) in [6.07, 6.45) is 3.56. The van der Waals surface area contributed by atoms with Crippen molar-refractivity contribution in [3.63, 3.8) is 0 Å². The summed E-state index contributed by atoms with van der Waals surface area (Å²) < 4.78 is 5.64. The number of nitrogens with one attached hydrogen (secondary N) is 1. The molecule has 1 aromatic carbocycles. The van der Waals surface area contributed by atoms with Crippen molar-refractivity contribution >= 4 is 0 Å². The lowest BCUT2D eigenvalue weighted by atomic mass is 10.1. The first-order valence-electron chi connectivity index (χ1n) is 6.57. The zero-order chi connectivity index (χ0) is 13.8. The molecule has 0 aliphatic rings. The van der Waals surface area contributed by atoms with Crippen LogP contribution in [0.15, 0.2) is 54.9 Å². The van der Waals surface area contributed by atoms with E-state index in [0.717, 1.165) is 28.5 Å². The molecule has 2 aromatic heterocycles. The Labute approximate surface area is 117 Å². The number of imidazole rings is 1. The molecular weight excluding hydrogens is 250 g/mol. The lowest BCUT2D eigenvalue weighted by Gasteiger charge is -2.07. The highest BCUT2D eigenvalue weighted by Crippen LogP contribution is 2.29. The Hall–Kier alpha value is -2.62. The van der Waals surface area contributed by atoms with Crippen molar-refractivity contribution in [3.05, 3.63) is 54.9 Å². The largest absolute Gasteiger partial charge is 0.493 e. The van der Waals surface area contributed by atoms with E-state index in [9.17, 15) is 0 Å². The van der Waals surface area contributed by atoms with Gasteiger partial charge in [0, 0.05) is 11.8 Å². The highest BCUT2D eigenvalue weighted by Gasteiger charge is 2.10. The highest BCUT2D eigenvalue weighted by atomic mass is 16.5. The Morgan fingerprint density at radius 3 is 2.70 bits per heavy atom. The van der Waals surface area contributed by atoms with Crippen LogP contribution in [0.4, 0.5) is 0 Å². The third kappa shape index (κ3) is 2.40. The highest BCUT2D eigenvalue weighted by molar-refractivity contribution is 5.68. The number of H-pyrrole nitrogens is 1. The van der Waals surface area contributed by atoms with Crippen LogP contribution in [-0.4, -0.2) is 21.6 Å². The molecule has 2 heterocycles. The van der Waals surface area contributed by atoms with E-state index in [-0.39, 0.29) is 0 Å². The van der Waals surface area contributed by atoms with Crippen LogP contribution in [0.2, 0.25) is 0 Å². The number of rotatable bonds is 4. The minimum Gasteiger partial charge on any atom is -0.493 e. The predicted molar refractivity (Wildman–Crippen MR) is 78.4 cm³/mol. The summed E-state index contributed by atoms with van der Waals surface area (Å²) >= 11 is 0. The number of benzene rings is 1. The van der Waals surface area contributed by atoms with Crippen LogP contribution in [0, 0.1) is 0 Å². The normalized spacial score (nSPS) is 10.4. The van der Waals surface area contributed by atoms with Crippen LogP contribution < -0.4 is 4.74 Å². The Balaban J connectivity index is 1.98. The van der Waals surface area contributed by atoms with Gasteiger partial charge in [-0.05, 0) is 31.2 Å². The summed E-state index contributed by atoms with van der Waals surface area (Å²) in [4.78, 5) is 12.0. The number of para-hydroxylation sites is 1. The summed E-state index contributed by atoms with van der Waals surface area (Å²) in [7, 11) is 0. The molecule has 0 amide bonds. The molecule has 3 aromatic rings. The first-order chi connectivity index (χ1) is 9.88. The second kappa shape index (κ2) is 5.57. The molecule has 0 aliphatic carbocycles. The zero-order valence-electron chi connectivity index (χ0n) is 11.2. The van der Waals surface area contributed by atoms with Gasteiger partial charge >= 0.3 is 0 Å². The first kappa shape index (κ1) is 12.4. The quantitative estimate of drug-likeness (QED) is 0.785. The molecule has 3 rings (SSSR count). The van der Waals surface area contributed by atoms with Crippen molar-refractivity contribution in [1.82, 2.24) is 15.0 Å². The molecule has 4 heteroatoms. The second-order valence-corrected chi connectivity index (χ2v) is 4.29. The molecule has 100 valence electrons. The van der Waals surface area contributed by atoms with E-state index >= 15 is 0 Å². The van der Waals surface area contributed by atoms with Gasteiger partial charge in [-0.15, -0.1) is 0 Å². The smallest absolute Gasteiger partial charge is 0.156 e. The summed E-state index contributed by atoms with van der Waals surface area (Å²) in [6, 6.07) is 13.7. The van der Waals surface area contributed by atoms with Crippen molar-refractivity contribution in [2.45, 2.75) is 6.92 Å². The first-order valence-corrected chi connectivity index (χ1v) is 6.57. The fraction of sp³-hybridized carbons (Fsp3) is 0.125. The van der Waals surface area contributed by atoms with Crippen LogP contribution >= 0.6 is 0 Å². The van der Waals surface area contributed by atoms with Gasteiger partial charge in [0.15, 0.2) is 5.82 Å². The number of pyridine rings is 1. The van der Waals surface area contributed by atoms with Gasteiger partial charge in [0.2, 0.25) is 0 Å². The van der Waals surface area contributed by atoms with Gasteiger partial charge in [-0.25, -0.2) is 4.98 Å². The van der Waals surface area contributed by atoms with Crippen LogP contribution in [0.25, 0.3) is 22.8 Å². The fourth-order valence-electron chi connectivity index (χ4n) is 2.06. The summed E-state index contributed by atoms with van der Waals surface area (Å²) in [5.74, 6) is 1.61. The minimum absolute atomic E-state index is 0.637. The molecule has 1 N–H and O–H groups in total. The Kier molecular flexibility index (Phi) is 3.46. The van der Waals surface area contributed by atoms with Crippen molar-refractivity contribution in [1.29, 1.82) is 0 Å². The fourth-order valence-corrected chi connectivity index (χ4v) is 2.06. The van der Waals surface area contributed by atoms with Crippen molar-refractivity contribution < 1.29 is 4.74 Å². The summed E-state index contributed by atoms with van der Waals surface area (Å²) in [6.45, 7) is 2.61. The lowest BCUT2D eigenvalue weighted by molar-refractivity contribution is 0.341. The van der Waals surface area contributed by atoms with E-state index < -0.39 is 0 Å². The molecule has 0 saturated heterocycles. The van der Waals surface area contributed by atoms with Crippen LogP contribution in [0.3, 0.4) is 0 Å². The third-order valence-corrected chi connectivity index (χ3v) is 2.96. The Morgan fingerprint density at radius 1 is 1.05 bits per heavy atom. The van der Waals surface area contributed by atoms with Gasteiger partial charge < -0.3 is 9.72 Å². The maximum Gasteiger partial charge on any atom is 0.156 e. The van der Waals surface area contributed by atoms with Crippen molar-refractivity contribution in [2.24, 2.45) is 0 Å². The molecule has 0 aliphatic heterocycles. The number of hydrogen-bond donors (Lipinski definition) is 1. The van der Waals surface area contributed by atoms with Crippen LogP contribution in [-0.2, 0) is 0 Å². The maximum absolute atomic E-state index is 5.64. The van der Waals surface area contributed by atoms with E-state index in [1.807, 2.05) is 55.6 Å². The molecule has 0 radical (unpaired) electrons. The molecule has 0 bridgehead atoms. The van der Waals surface area contributed by atoms with E-state index in [0.29, 0.717) is 6.61 Å². The van der Waals surface area contributed by atoms with E-state index in [1.165, 1.54) is 0 Å². The molecule has 20 heavy (non-hydrogen) atoms. The van der Waals surface area contributed by atoms with Crippen LogP contribution in [0.5, 0.6) is 5.75 Å². The lowest BCUT2D eigenvalue weighted by Crippen LogP contribution is -1.93. The molecule has 0 spiro atoms. The molecule has 0 unspecified atom stereocenters. The molecule has 4 nitrogen and oxygen atoms in total. The summed E-state index contributed by atoms with van der Waals surface area (Å²) in [5.41, 5.74) is 2.76. The SMILES string of the molecule is CCOc1ccccc1-c1cnc(-c2ccccn2)[nH]1. The van der Waals surface area contributed by atoms with E-state index in [2.05, 4.69) is 15.0 Å². The van der Waals surface area contributed by atoms with Gasteiger partial charge in [-0.2, -0.15) is 0 Å². The number of ether oxygens (including phenoxy) is 1. The van der Waals surface area contributed by atoms with Gasteiger partial charge in [0.25, 0.3) is 0 Å². The number of nitrogens with zero attached hydrogens (tertiary/aromatic N) is 2. The Morgan fingerprint density at radius 2 is 1.90 bits per heavy atom. The van der Waals surface area contributed by atoms with Crippen molar-refractivity contribution in [3.8, 4) is 28.5 Å². The van der Waals surface area contributed by atoms with E-state index in [1.54, 1.807) is 6.20 Å². The number of aromatic nitrogens is 3. The maximum atomic E-state index is 5.64. The average Bonchev–Trinajstić information content (AvgIpc) is 2.99. The monoisotopic (exact) mass is 265 g/mol. The van der Waals surface area contributed by atoms with Gasteiger partial charge in [0.1, 0.15) is 11.4 Å². The molecule has 0 saturated carbocycles. The van der Waals surface area contributed by atoms with Crippen LogP contribution in [0.1, 0.15) is 6.92 Å². The van der Waals surface area contributed by atoms with Gasteiger partial charge in [-0.3, -0.25) is 4.98 Å². The number of hydrogen-bond acceptors (Lipinski definition) is 3. The standard InChI is InChI=1S/C16H15N3O/c1-2-20-15-9-4-3-7-12(15)14-11-18-16(19-14)13-8-5-6-10-17-13/h3-11H,2H2,1H3,(H,18,19).